The topological polar surface area (TPSA) is 67.3 Å². The third kappa shape index (κ3) is 4.65. The van der Waals surface area contributed by atoms with Crippen molar-refractivity contribution in [2.24, 2.45) is 0 Å². The van der Waals surface area contributed by atoms with Crippen molar-refractivity contribution >= 4 is 40.7 Å². The number of aromatic nitrogens is 2. The zero-order valence-electron chi connectivity index (χ0n) is 17.4. The Bertz CT molecular complexity index is 1030. The molecular weight excluding hydrogens is 400 g/mol. The number of hydrogen-bond donors (Lipinski definition) is 1. The molecule has 3 aromatic rings. The van der Waals surface area contributed by atoms with E-state index in [1.54, 1.807) is 13.3 Å². The monoisotopic (exact) mass is 426 g/mol. The fourth-order valence-corrected chi connectivity index (χ4v) is 3.76. The van der Waals surface area contributed by atoms with Crippen LogP contribution in [0.2, 0.25) is 0 Å². The van der Waals surface area contributed by atoms with E-state index < -0.39 is 0 Å². The first-order valence-corrected chi connectivity index (χ1v) is 10.1. The number of ether oxygens (including phenoxy) is 1. The third-order valence-corrected chi connectivity index (χ3v) is 5.33. The highest BCUT2D eigenvalue weighted by Crippen LogP contribution is 2.31. The second-order valence-electron chi connectivity index (χ2n) is 7.43. The number of amides is 1. The molecule has 30 heavy (non-hydrogen) atoms. The first-order valence-electron chi connectivity index (χ1n) is 10.1. The Morgan fingerprint density at radius 2 is 1.87 bits per heavy atom. The normalized spacial score (nSPS) is 14.0. The van der Waals surface area contributed by atoms with Crippen LogP contribution in [0.15, 0.2) is 42.6 Å². The zero-order chi connectivity index (χ0) is 20.2. The highest BCUT2D eigenvalue weighted by atomic mass is 35.5. The number of methoxy groups -OCH3 is 1. The predicted molar refractivity (Wildman–Crippen MR) is 122 cm³/mol. The summed E-state index contributed by atoms with van der Waals surface area (Å²) in [5.74, 6) is 0.773. The van der Waals surface area contributed by atoms with Crippen molar-refractivity contribution < 1.29 is 9.53 Å². The van der Waals surface area contributed by atoms with Crippen LogP contribution < -0.4 is 10.1 Å². The van der Waals surface area contributed by atoms with Crippen LogP contribution in [0.5, 0.6) is 5.75 Å². The van der Waals surface area contributed by atoms with Crippen molar-refractivity contribution in [1.29, 1.82) is 0 Å². The van der Waals surface area contributed by atoms with Gasteiger partial charge in [0, 0.05) is 42.1 Å². The number of pyridine rings is 2. The smallest absolute Gasteiger partial charge is 0.257 e. The quantitative estimate of drug-likeness (QED) is 0.626. The van der Waals surface area contributed by atoms with Crippen LogP contribution in [-0.4, -0.2) is 41.0 Å². The number of nitrogens with one attached hydrogen (secondary N) is 1. The van der Waals surface area contributed by atoms with Gasteiger partial charge in [-0.05, 0) is 44.0 Å². The van der Waals surface area contributed by atoms with Crippen molar-refractivity contribution in [3.63, 3.8) is 0 Å². The largest absolute Gasteiger partial charge is 0.497 e. The third-order valence-electron chi connectivity index (χ3n) is 5.33. The number of carbonyl (C=O) groups excluding carboxylic acids is 1. The fourth-order valence-electron chi connectivity index (χ4n) is 3.76. The summed E-state index contributed by atoms with van der Waals surface area (Å²) >= 11 is 0. The summed E-state index contributed by atoms with van der Waals surface area (Å²) in [5, 5.41) is 4.27. The molecule has 0 unspecified atom stereocenters. The van der Waals surface area contributed by atoms with Gasteiger partial charge in [0.1, 0.15) is 5.75 Å². The molecule has 0 radical (unpaired) electrons. The summed E-state index contributed by atoms with van der Waals surface area (Å²) in [7, 11) is 1.64. The summed E-state index contributed by atoms with van der Waals surface area (Å²) in [6, 6.07) is 11.6. The number of anilines is 2. The van der Waals surface area contributed by atoms with E-state index in [4.69, 9.17) is 4.74 Å². The van der Waals surface area contributed by atoms with Crippen LogP contribution in [0.3, 0.4) is 0 Å². The Kier molecular flexibility index (Phi) is 7.11. The van der Waals surface area contributed by atoms with Crippen LogP contribution in [0, 0.1) is 6.92 Å². The molecule has 3 heterocycles. The van der Waals surface area contributed by atoms with E-state index in [1.807, 2.05) is 48.2 Å². The second kappa shape index (κ2) is 9.76. The van der Waals surface area contributed by atoms with Gasteiger partial charge in [0.05, 0.1) is 18.4 Å². The molecular formula is C23H27ClN4O2. The molecule has 0 spiro atoms. The summed E-state index contributed by atoms with van der Waals surface area (Å²) in [6.07, 6.45) is 6.11. The maximum Gasteiger partial charge on any atom is 0.257 e. The Morgan fingerprint density at radius 3 is 2.60 bits per heavy atom. The van der Waals surface area contributed by atoms with Gasteiger partial charge in [0.25, 0.3) is 5.91 Å². The molecule has 0 atom stereocenters. The van der Waals surface area contributed by atoms with Gasteiger partial charge < -0.3 is 15.0 Å². The molecule has 1 amide bonds. The van der Waals surface area contributed by atoms with Crippen LogP contribution in [0.1, 0.15) is 41.7 Å². The molecule has 4 rings (SSSR count). The highest BCUT2D eigenvalue weighted by Gasteiger charge is 2.22. The maximum absolute atomic E-state index is 13.4. The average Bonchev–Trinajstić information content (AvgIpc) is 3.03. The second-order valence-corrected chi connectivity index (χ2v) is 7.43. The lowest BCUT2D eigenvalue weighted by atomic mass is 10.1. The standard InChI is InChI=1S/C23H26N4O2.ClH/c1-16-10-11-19-21(26-17-8-7-9-18(14-17)29-2)20(15-24-22(19)25-16)23(28)27-12-5-3-4-6-13-27;/h7-11,14-15H,3-6,12-13H2,1-2H3,(H,24,25,26);1H. The molecule has 1 N–H and O–H groups in total. The molecule has 1 fully saturated rings. The van der Waals surface area contributed by atoms with Gasteiger partial charge in [-0.1, -0.05) is 18.9 Å². The van der Waals surface area contributed by atoms with Gasteiger partial charge in [0.15, 0.2) is 5.65 Å². The summed E-state index contributed by atoms with van der Waals surface area (Å²) in [5.41, 5.74) is 3.69. The van der Waals surface area contributed by atoms with Crippen LogP contribution in [0.25, 0.3) is 11.0 Å². The van der Waals surface area contributed by atoms with Gasteiger partial charge in [0.2, 0.25) is 0 Å². The molecule has 158 valence electrons. The molecule has 0 aliphatic carbocycles. The first kappa shape index (κ1) is 21.8. The molecule has 0 saturated carbocycles. The first-order chi connectivity index (χ1) is 14.2. The number of hydrogen-bond acceptors (Lipinski definition) is 5. The summed E-state index contributed by atoms with van der Waals surface area (Å²) < 4.78 is 5.34. The minimum atomic E-state index is 0. The molecule has 6 nitrogen and oxygen atoms in total. The average molecular weight is 427 g/mol. The van der Waals surface area contributed by atoms with E-state index in [2.05, 4.69) is 15.3 Å². The summed E-state index contributed by atoms with van der Waals surface area (Å²) in [6.45, 7) is 3.52. The zero-order valence-corrected chi connectivity index (χ0v) is 18.2. The lowest BCUT2D eigenvalue weighted by Crippen LogP contribution is -2.32. The van der Waals surface area contributed by atoms with E-state index in [0.717, 1.165) is 54.1 Å². The van der Waals surface area contributed by atoms with E-state index in [1.165, 1.54) is 12.8 Å². The van der Waals surface area contributed by atoms with Crippen LogP contribution >= 0.6 is 12.4 Å². The number of fused-ring (bicyclic) bond motifs is 1. The van der Waals surface area contributed by atoms with Crippen molar-refractivity contribution in [2.45, 2.75) is 32.6 Å². The number of likely N-dealkylation sites (tertiary alicyclic amines) is 1. The van der Waals surface area contributed by atoms with Crippen LogP contribution in [0.4, 0.5) is 11.4 Å². The predicted octanol–water partition coefficient (Wildman–Crippen LogP) is 5.13. The number of carbonyl (C=O) groups is 1. The Labute approximate surface area is 183 Å². The minimum Gasteiger partial charge on any atom is -0.497 e. The minimum absolute atomic E-state index is 0. The number of benzene rings is 1. The molecule has 7 heteroatoms. The number of nitrogens with zero attached hydrogens (tertiary/aromatic N) is 3. The molecule has 1 aromatic carbocycles. The molecule has 1 aliphatic rings. The lowest BCUT2D eigenvalue weighted by Gasteiger charge is -2.22. The van der Waals surface area contributed by atoms with Crippen LogP contribution in [-0.2, 0) is 0 Å². The van der Waals surface area contributed by atoms with Crippen molar-refractivity contribution in [1.82, 2.24) is 14.9 Å². The van der Waals surface area contributed by atoms with E-state index in [0.29, 0.717) is 11.2 Å². The van der Waals surface area contributed by atoms with Gasteiger partial charge in [-0.3, -0.25) is 4.79 Å². The van der Waals surface area contributed by atoms with Crippen molar-refractivity contribution in [3.05, 3.63) is 53.9 Å². The Hall–Kier alpha value is -2.86. The number of rotatable bonds is 4. The highest BCUT2D eigenvalue weighted by molar-refractivity contribution is 6.07. The van der Waals surface area contributed by atoms with Crippen molar-refractivity contribution in [2.75, 3.05) is 25.5 Å². The Morgan fingerprint density at radius 1 is 1.10 bits per heavy atom. The molecule has 1 aliphatic heterocycles. The van der Waals surface area contributed by atoms with Gasteiger partial charge >= 0.3 is 0 Å². The maximum atomic E-state index is 13.4. The summed E-state index contributed by atoms with van der Waals surface area (Å²) in [4.78, 5) is 24.4. The van der Waals surface area contributed by atoms with E-state index in [9.17, 15) is 4.79 Å². The van der Waals surface area contributed by atoms with Crippen molar-refractivity contribution in [3.8, 4) is 5.75 Å². The SMILES string of the molecule is COc1cccc(Nc2c(C(=O)N3CCCCCC3)cnc3nc(C)ccc23)c1.Cl. The number of halogens is 1. The van der Waals surface area contributed by atoms with Gasteiger partial charge in [-0.15, -0.1) is 12.4 Å². The van der Waals surface area contributed by atoms with E-state index in [-0.39, 0.29) is 18.3 Å². The molecule has 1 saturated heterocycles. The fraction of sp³-hybridized carbons (Fsp3) is 0.348. The van der Waals surface area contributed by atoms with Gasteiger partial charge in [-0.2, -0.15) is 0 Å². The molecule has 0 bridgehead atoms. The Balaban J connectivity index is 0.00000256. The lowest BCUT2D eigenvalue weighted by molar-refractivity contribution is 0.0762. The number of aryl methyl sites for hydroxylation is 1. The molecule has 2 aromatic heterocycles. The van der Waals surface area contributed by atoms with Gasteiger partial charge in [-0.25, -0.2) is 9.97 Å². The van der Waals surface area contributed by atoms with E-state index >= 15 is 0 Å².